The number of cyclic esters (lactones) is 1. The molecule has 0 radical (unpaired) electrons. The molecule has 1 aliphatic rings. The quantitative estimate of drug-likeness (QED) is 0.598. The number of hydrogen-bond donors (Lipinski definition) is 0. The van der Waals surface area contributed by atoms with Crippen LogP contribution < -0.4 is 9.64 Å². The Hall–Kier alpha value is -2.23. The summed E-state index contributed by atoms with van der Waals surface area (Å²) in [5.74, 6) is -0.343. The van der Waals surface area contributed by atoms with E-state index in [4.69, 9.17) is 37.4 Å². The standard InChI is InChI=1S/C19H19Cl2F2N3O4/c1-18(2,3)28-10-12-9-26(17(27)29-12)16-24-7-11(8-25-16)30-19(22,23)15-13(20)5-4-6-14(15)21/h4-8,12H,9-10H2,1-3H3. The van der Waals surface area contributed by atoms with Crippen LogP contribution in [0.15, 0.2) is 30.6 Å². The van der Waals surface area contributed by atoms with Crippen molar-refractivity contribution < 1.29 is 27.8 Å². The predicted molar refractivity (Wildman–Crippen MR) is 106 cm³/mol. The fraction of sp³-hybridized carbons (Fsp3) is 0.421. The first kappa shape index (κ1) is 22.5. The summed E-state index contributed by atoms with van der Waals surface area (Å²) in [4.78, 5) is 21.1. The van der Waals surface area contributed by atoms with E-state index in [0.29, 0.717) is 0 Å². The number of benzene rings is 1. The van der Waals surface area contributed by atoms with Crippen molar-refractivity contribution in [3.05, 3.63) is 46.2 Å². The zero-order valence-corrected chi connectivity index (χ0v) is 17.9. The molecule has 0 saturated carbocycles. The lowest BCUT2D eigenvalue weighted by molar-refractivity contribution is -0.185. The van der Waals surface area contributed by atoms with Crippen LogP contribution in [0.5, 0.6) is 5.75 Å². The molecular formula is C19H19Cl2F2N3O4. The molecule has 30 heavy (non-hydrogen) atoms. The zero-order valence-electron chi connectivity index (χ0n) is 16.4. The van der Waals surface area contributed by atoms with Crippen LogP contribution in [0, 0.1) is 0 Å². The molecule has 3 rings (SSSR count). The molecule has 1 saturated heterocycles. The molecule has 1 amide bonds. The number of carbonyl (C=O) groups excluding carboxylic acids is 1. The third-order valence-corrected chi connectivity index (χ3v) is 4.56. The van der Waals surface area contributed by atoms with Gasteiger partial charge in [0, 0.05) is 0 Å². The lowest BCUT2D eigenvalue weighted by Gasteiger charge is -2.21. The maximum absolute atomic E-state index is 14.5. The second-order valence-corrected chi connectivity index (χ2v) is 8.29. The van der Waals surface area contributed by atoms with Gasteiger partial charge in [-0.25, -0.2) is 19.7 Å². The highest BCUT2D eigenvalue weighted by molar-refractivity contribution is 6.36. The minimum absolute atomic E-state index is 0.00954. The molecule has 2 heterocycles. The molecule has 1 aromatic heterocycles. The summed E-state index contributed by atoms with van der Waals surface area (Å²) in [6.07, 6.45) is -2.93. The normalized spacial score (nSPS) is 17.2. The van der Waals surface area contributed by atoms with Gasteiger partial charge in [-0.3, -0.25) is 0 Å². The van der Waals surface area contributed by atoms with Crippen LogP contribution in [-0.4, -0.2) is 40.9 Å². The van der Waals surface area contributed by atoms with Gasteiger partial charge in [0.05, 0.1) is 41.2 Å². The van der Waals surface area contributed by atoms with E-state index < -0.39 is 23.9 Å². The Bertz CT molecular complexity index is 903. The van der Waals surface area contributed by atoms with Crippen molar-refractivity contribution >= 4 is 35.2 Å². The average molecular weight is 462 g/mol. The van der Waals surface area contributed by atoms with Gasteiger partial charge in [-0.05, 0) is 32.9 Å². The Kier molecular flexibility index (Phi) is 6.35. The van der Waals surface area contributed by atoms with Gasteiger partial charge in [0.15, 0.2) is 5.75 Å². The molecular weight excluding hydrogens is 443 g/mol. The number of alkyl halides is 2. The largest absolute Gasteiger partial charge is 0.441 e. The van der Waals surface area contributed by atoms with Crippen LogP contribution in [0.3, 0.4) is 0 Å². The molecule has 1 fully saturated rings. The van der Waals surface area contributed by atoms with Gasteiger partial charge in [-0.15, -0.1) is 0 Å². The lowest BCUT2D eigenvalue weighted by atomic mass is 10.2. The van der Waals surface area contributed by atoms with Crippen LogP contribution in [0.2, 0.25) is 10.0 Å². The summed E-state index contributed by atoms with van der Waals surface area (Å²) < 4.78 is 44.6. The van der Waals surface area contributed by atoms with Gasteiger partial charge in [-0.2, -0.15) is 8.78 Å². The molecule has 0 bridgehead atoms. The molecule has 2 aromatic rings. The number of rotatable bonds is 6. The molecule has 1 unspecified atom stereocenters. The lowest BCUT2D eigenvalue weighted by Crippen LogP contribution is -2.30. The van der Waals surface area contributed by atoms with E-state index in [9.17, 15) is 13.6 Å². The number of aromatic nitrogens is 2. The van der Waals surface area contributed by atoms with Crippen LogP contribution in [0.4, 0.5) is 19.5 Å². The summed E-state index contributed by atoms with van der Waals surface area (Å²) in [5, 5.41) is -0.485. The van der Waals surface area contributed by atoms with E-state index in [1.165, 1.54) is 23.1 Å². The zero-order chi connectivity index (χ0) is 22.1. The summed E-state index contributed by atoms with van der Waals surface area (Å²) in [6, 6.07) is 3.99. The van der Waals surface area contributed by atoms with E-state index in [-0.39, 0.29) is 40.5 Å². The number of amides is 1. The predicted octanol–water partition coefficient (Wildman–Crippen LogP) is 5.05. The first-order valence-corrected chi connectivity index (χ1v) is 9.67. The Balaban J connectivity index is 1.69. The van der Waals surface area contributed by atoms with Crippen molar-refractivity contribution in [1.82, 2.24) is 9.97 Å². The maximum Gasteiger partial charge on any atom is 0.429 e. The van der Waals surface area contributed by atoms with E-state index in [0.717, 1.165) is 12.4 Å². The van der Waals surface area contributed by atoms with Gasteiger partial charge < -0.3 is 14.2 Å². The molecule has 7 nitrogen and oxygen atoms in total. The summed E-state index contributed by atoms with van der Waals surface area (Å²) in [6.45, 7) is 6.02. The van der Waals surface area contributed by atoms with Crippen LogP contribution >= 0.6 is 23.2 Å². The van der Waals surface area contributed by atoms with Gasteiger partial charge in [0.25, 0.3) is 0 Å². The van der Waals surface area contributed by atoms with Crippen LogP contribution in [0.1, 0.15) is 26.3 Å². The highest BCUT2D eigenvalue weighted by Gasteiger charge is 2.40. The molecule has 0 spiro atoms. The summed E-state index contributed by atoms with van der Waals surface area (Å²) in [7, 11) is 0. The SMILES string of the molecule is CC(C)(C)OCC1CN(c2ncc(OC(F)(F)c3c(Cl)cccc3Cl)cn2)C(=O)O1. The van der Waals surface area contributed by atoms with Crippen molar-refractivity contribution in [2.24, 2.45) is 0 Å². The van der Waals surface area contributed by atoms with Crippen molar-refractivity contribution in [3.63, 3.8) is 0 Å². The Morgan fingerprint density at radius 1 is 1.20 bits per heavy atom. The Morgan fingerprint density at radius 3 is 2.37 bits per heavy atom. The van der Waals surface area contributed by atoms with E-state index in [1.54, 1.807) is 0 Å². The molecule has 11 heteroatoms. The first-order chi connectivity index (χ1) is 14.0. The van der Waals surface area contributed by atoms with E-state index >= 15 is 0 Å². The van der Waals surface area contributed by atoms with E-state index in [2.05, 4.69) is 9.97 Å². The second-order valence-electron chi connectivity index (χ2n) is 7.47. The van der Waals surface area contributed by atoms with Crippen molar-refractivity contribution in [3.8, 4) is 5.75 Å². The third kappa shape index (κ3) is 5.27. The highest BCUT2D eigenvalue weighted by atomic mass is 35.5. The van der Waals surface area contributed by atoms with Crippen molar-refractivity contribution in [2.75, 3.05) is 18.1 Å². The van der Waals surface area contributed by atoms with Gasteiger partial charge in [0.1, 0.15) is 11.7 Å². The van der Waals surface area contributed by atoms with E-state index in [1.807, 2.05) is 20.8 Å². The van der Waals surface area contributed by atoms with Gasteiger partial charge in [0.2, 0.25) is 5.95 Å². The van der Waals surface area contributed by atoms with Crippen LogP contribution in [0.25, 0.3) is 0 Å². The minimum Gasteiger partial charge on any atom is -0.441 e. The minimum atomic E-state index is -3.82. The fourth-order valence-corrected chi connectivity index (χ4v) is 3.21. The molecule has 1 aliphatic heterocycles. The topological polar surface area (TPSA) is 73.8 Å². The number of nitrogens with zero attached hydrogens (tertiary/aromatic N) is 3. The summed E-state index contributed by atoms with van der Waals surface area (Å²) in [5.41, 5.74) is -1.05. The van der Waals surface area contributed by atoms with Crippen molar-refractivity contribution in [2.45, 2.75) is 38.6 Å². The number of anilines is 1. The number of halogens is 4. The second kappa shape index (κ2) is 8.49. The number of carbonyl (C=O) groups is 1. The third-order valence-electron chi connectivity index (χ3n) is 3.93. The molecule has 1 atom stereocenters. The fourth-order valence-electron chi connectivity index (χ4n) is 2.59. The first-order valence-electron chi connectivity index (χ1n) is 8.92. The van der Waals surface area contributed by atoms with Crippen molar-refractivity contribution in [1.29, 1.82) is 0 Å². The molecule has 0 aliphatic carbocycles. The Morgan fingerprint density at radius 2 is 1.80 bits per heavy atom. The number of hydrogen-bond acceptors (Lipinski definition) is 6. The molecule has 1 aromatic carbocycles. The monoisotopic (exact) mass is 461 g/mol. The summed E-state index contributed by atoms with van der Waals surface area (Å²) >= 11 is 11.7. The maximum atomic E-state index is 14.5. The Labute approximate surface area is 181 Å². The molecule has 0 N–H and O–H groups in total. The number of ether oxygens (including phenoxy) is 3. The molecule has 162 valence electrons. The highest BCUT2D eigenvalue weighted by Crippen LogP contribution is 2.39. The average Bonchev–Trinajstić information content (AvgIpc) is 3.00. The van der Waals surface area contributed by atoms with Crippen LogP contribution in [-0.2, 0) is 15.6 Å². The smallest absolute Gasteiger partial charge is 0.429 e. The van der Waals surface area contributed by atoms with Gasteiger partial charge >= 0.3 is 12.2 Å². The van der Waals surface area contributed by atoms with Gasteiger partial charge in [-0.1, -0.05) is 29.3 Å².